The van der Waals surface area contributed by atoms with Crippen molar-refractivity contribution in [3.63, 3.8) is 0 Å². The van der Waals surface area contributed by atoms with Gasteiger partial charge in [0.1, 0.15) is 0 Å². The summed E-state index contributed by atoms with van der Waals surface area (Å²) in [7, 11) is 0. The number of hydrogen-bond acceptors (Lipinski definition) is 5. The van der Waals surface area contributed by atoms with Gasteiger partial charge in [-0.2, -0.15) is 10.1 Å². The predicted octanol–water partition coefficient (Wildman–Crippen LogP) is 3.52. The third-order valence-electron chi connectivity index (χ3n) is 5.08. The van der Waals surface area contributed by atoms with Crippen LogP contribution in [0.3, 0.4) is 0 Å². The van der Waals surface area contributed by atoms with Gasteiger partial charge < -0.3 is 9.84 Å². The molecule has 0 saturated heterocycles. The summed E-state index contributed by atoms with van der Waals surface area (Å²) in [5.74, 6) is 1.01. The van der Waals surface area contributed by atoms with Crippen LogP contribution in [0.25, 0.3) is 17.1 Å². The fourth-order valence-electron chi connectivity index (χ4n) is 3.55. The number of amides is 1. The summed E-state index contributed by atoms with van der Waals surface area (Å²) in [5.41, 5.74) is 4.10. The van der Waals surface area contributed by atoms with Crippen molar-refractivity contribution in [1.29, 1.82) is 0 Å². The number of carbonyl (C=O) groups is 1. The summed E-state index contributed by atoms with van der Waals surface area (Å²) in [6, 6.07) is 6.19. The number of benzene rings is 1. The van der Waals surface area contributed by atoms with Gasteiger partial charge in [-0.25, -0.2) is 4.68 Å². The van der Waals surface area contributed by atoms with Crippen LogP contribution in [0.5, 0.6) is 0 Å². The van der Waals surface area contributed by atoms with Gasteiger partial charge in [0.05, 0.1) is 16.9 Å². The van der Waals surface area contributed by atoms with Crippen molar-refractivity contribution in [2.75, 3.05) is 0 Å². The first-order valence-electron chi connectivity index (χ1n) is 9.30. The van der Waals surface area contributed by atoms with Crippen LogP contribution in [0, 0.1) is 20.8 Å². The molecule has 1 aliphatic carbocycles. The van der Waals surface area contributed by atoms with Crippen molar-refractivity contribution in [2.24, 2.45) is 0 Å². The third-order valence-corrected chi connectivity index (χ3v) is 5.08. The Morgan fingerprint density at radius 2 is 2.00 bits per heavy atom. The van der Waals surface area contributed by atoms with E-state index in [-0.39, 0.29) is 11.9 Å². The molecule has 1 amide bonds. The normalized spacial score (nSPS) is 14.6. The van der Waals surface area contributed by atoms with Gasteiger partial charge in [0.25, 0.3) is 5.91 Å². The van der Waals surface area contributed by atoms with Crippen molar-refractivity contribution >= 4 is 5.91 Å². The van der Waals surface area contributed by atoms with Crippen molar-refractivity contribution in [3.05, 3.63) is 47.1 Å². The molecule has 0 aliphatic heterocycles. The molecule has 7 heteroatoms. The Hall–Kier alpha value is -2.96. The summed E-state index contributed by atoms with van der Waals surface area (Å²) < 4.78 is 6.83. The lowest BCUT2D eigenvalue weighted by Crippen LogP contribution is -2.32. The third kappa shape index (κ3) is 3.49. The Morgan fingerprint density at radius 1 is 1.22 bits per heavy atom. The molecule has 1 aromatic carbocycles. The van der Waals surface area contributed by atoms with Crippen molar-refractivity contribution < 1.29 is 9.32 Å². The second-order valence-corrected chi connectivity index (χ2v) is 7.17. The van der Waals surface area contributed by atoms with Gasteiger partial charge in [0.2, 0.25) is 11.7 Å². The van der Waals surface area contributed by atoms with E-state index in [0.29, 0.717) is 23.0 Å². The maximum atomic E-state index is 12.6. The van der Waals surface area contributed by atoms with Crippen LogP contribution in [-0.2, 0) is 0 Å². The van der Waals surface area contributed by atoms with Gasteiger partial charge in [-0.15, -0.1) is 0 Å². The number of aryl methyl sites for hydroxylation is 3. The first kappa shape index (κ1) is 17.5. The quantitative estimate of drug-likeness (QED) is 0.764. The van der Waals surface area contributed by atoms with Crippen LogP contribution in [-0.4, -0.2) is 31.9 Å². The highest BCUT2D eigenvalue weighted by Gasteiger charge is 2.21. The Kier molecular flexibility index (Phi) is 4.51. The van der Waals surface area contributed by atoms with E-state index in [4.69, 9.17) is 4.52 Å². The second kappa shape index (κ2) is 6.98. The van der Waals surface area contributed by atoms with Gasteiger partial charge in [-0.1, -0.05) is 30.1 Å². The zero-order valence-corrected chi connectivity index (χ0v) is 15.8. The molecule has 27 heavy (non-hydrogen) atoms. The zero-order valence-electron chi connectivity index (χ0n) is 15.8. The largest absolute Gasteiger partial charge is 0.349 e. The SMILES string of the molecule is Cc1nc(-c2ccc(C)c(-n3cc(C(=O)NC4CCCC4)c(C)n3)c2)no1. The minimum Gasteiger partial charge on any atom is -0.349 e. The van der Waals surface area contributed by atoms with Crippen LogP contribution in [0.2, 0.25) is 0 Å². The van der Waals surface area contributed by atoms with Crippen LogP contribution in [0.15, 0.2) is 28.9 Å². The molecule has 4 rings (SSSR count). The highest BCUT2D eigenvalue weighted by molar-refractivity contribution is 5.95. The summed E-state index contributed by atoms with van der Waals surface area (Å²) in [6.45, 7) is 5.63. The van der Waals surface area contributed by atoms with E-state index in [0.717, 1.165) is 29.7 Å². The average molecular weight is 365 g/mol. The van der Waals surface area contributed by atoms with Gasteiger partial charge in [0.15, 0.2) is 0 Å². The van der Waals surface area contributed by atoms with E-state index >= 15 is 0 Å². The molecule has 0 bridgehead atoms. The maximum absolute atomic E-state index is 12.6. The van der Waals surface area contributed by atoms with E-state index < -0.39 is 0 Å². The lowest BCUT2D eigenvalue weighted by atomic mass is 10.1. The molecule has 2 aromatic heterocycles. The van der Waals surface area contributed by atoms with Crippen molar-refractivity contribution in [1.82, 2.24) is 25.2 Å². The molecule has 1 fully saturated rings. The minimum absolute atomic E-state index is 0.0479. The molecule has 7 nitrogen and oxygen atoms in total. The lowest BCUT2D eigenvalue weighted by molar-refractivity contribution is 0.0937. The maximum Gasteiger partial charge on any atom is 0.254 e. The fourth-order valence-corrected chi connectivity index (χ4v) is 3.55. The Labute approximate surface area is 157 Å². The topological polar surface area (TPSA) is 85.8 Å². The molecule has 140 valence electrons. The predicted molar refractivity (Wildman–Crippen MR) is 101 cm³/mol. The van der Waals surface area contributed by atoms with Gasteiger partial charge in [-0.3, -0.25) is 4.79 Å². The summed E-state index contributed by atoms with van der Waals surface area (Å²) in [4.78, 5) is 16.9. The first-order valence-corrected chi connectivity index (χ1v) is 9.30. The molecule has 0 atom stereocenters. The number of nitrogens with zero attached hydrogens (tertiary/aromatic N) is 4. The summed E-state index contributed by atoms with van der Waals surface area (Å²) in [6.07, 6.45) is 6.29. The molecule has 3 aromatic rings. The molecule has 0 unspecified atom stereocenters. The highest BCUT2D eigenvalue weighted by Crippen LogP contribution is 2.24. The summed E-state index contributed by atoms with van der Waals surface area (Å²) >= 11 is 0. The number of aromatic nitrogens is 4. The molecule has 0 spiro atoms. The Morgan fingerprint density at radius 3 is 2.70 bits per heavy atom. The standard InChI is InChI=1S/C20H23N5O2/c1-12-8-9-15(19-21-14(3)27-24-19)10-18(12)25-11-17(13(2)23-25)20(26)22-16-6-4-5-7-16/h8-11,16H,4-7H2,1-3H3,(H,22,26). The van der Waals surface area contributed by atoms with E-state index in [1.54, 1.807) is 17.8 Å². The summed E-state index contributed by atoms with van der Waals surface area (Å²) in [5, 5.41) is 11.7. The van der Waals surface area contributed by atoms with Crippen LogP contribution >= 0.6 is 0 Å². The zero-order chi connectivity index (χ0) is 19.0. The van der Waals surface area contributed by atoms with E-state index in [1.807, 2.05) is 32.0 Å². The first-order chi connectivity index (χ1) is 13.0. The fraction of sp³-hybridized carbons (Fsp3) is 0.400. The molecular formula is C20H23N5O2. The number of carbonyl (C=O) groups excluding carboxylic acids is 1. The second-order valence-electron chi connectivity index (χ2n) is 7.17. The average Bonchev–Trinajstić information content (AvgIpc) is 3.37. The number of nitrogens with one attached hydrogen (secondary N) is 1. The molecule has 1 saturated carbocycles. The molecular weight excluding hydrogens is 342 g/mol. The van der Waals surface area contributed by atoms with Gasteiger partial charge >= 0.3 is 0 Å². The van der Waals surface area contributed by atoms with E-state index in [9.17, 15) is 4.79 Å². The lowest BCUT2D eigenvalue weighted by Gasteiger charge is -2.11. The number of rotatable bonds is 4. The van der Waals surface area contributed by atoms with Crippen molar-refractivity contribution in [3.8, 4) is 17.1 Å². The Balaban J connectivity index is 1.64. The Bertz CT molecular complexity index is 982. The number of hydrogen-bond donors (Lipinski definition) is 1. The van der Waals surface area contributed by atoms with E-state index in [2.05, 4.69) is 20.6 Å². The smallest absolute Gasteiger partial charge is 0.254 e. The minimum atomic E-state index is -0.0479. The van der Waals surface area contributed by atoms with Crippen LogP contribution in [0.4, 0.5) is 0 Å². The highest BCUT2D eigenvalue weighted by atomic mass is 16.5. The van der Waals surface area contributed by atoms with Crippen LogP contribution in [0.1, 0.15) is 53.2 Å². The van der Waals surface area contributed by atoms with Crippen LogP contribution < -0.4 is 5.32 Å². The molecule has 2 heterocycles. The van der Waals surface area contributed by atoms with Gasteiger partial charge in [0, 0.05) is 24.7 Å². The van der Waals surface area contributed by atoms with Crippen molar-refractivity contribution in [2.45, 2.75) is 52.5 Å². The molecule has 1 N–H and O–H groups in total. The molecule has 1 aliphatic rings. The monoisotopic (exact) mass is 365 g/mol. The van der Waals surface area contributed by atoms with Gasteiger partial charge in [-0.05, 0) is 38.3 Å². The molecule has 0 radical (unpaired) electrons. The van der Waals surface area contributed by atoms with E-state index in [1.165, 1.54) is 12.8 Å².